The first-order valence-corrected chi connectivity index (χ1v) is 10.8. The number of nitrogens with one attached hydrogen (secondary N) is 1. The second-order valence-electron chi connectivity index (χ2n) is 7.76. The van der Waals surface area contributed by atoms with Crippen LogP contribution in [0.1, 0.15) is 19.0 Å². The molecular weight excluding hydrogens is 468 g/mol. The number of amides is 1. The molecule has 1 N–H and O–H groups in total. The average molecular weight is 489 g/mol. The van der Waals surface area contributed by atoms with Gasteiger partial charge in [-0.25, -0.2) is 9.97 Å². The van der Waals surface area contributed by atoms with Gasteiger partial charge in [0, 0.05) is 36.1 Å². The van der Waals surface area contributed by atoms with Crippen molar-refractivity contribution >= 4 is 34.0 Å². The Morgan fingerprint density at radius 1 is 1.14 bits per heavy atom. The number of aryl methyl sites for hydroxylation is 1. The van der Waals surface area contributed by atoms with E-state index in [4.69, 9.17) is 4.74 Å². The van der Waals surface area contributed by atoms with Crippen LogP contribution in [0.15, 0.2) is 65.8 Å². The van der Waals surface area contributed by atoms with Crippen molar-refractivity contribution in [1.82, 2.24) is 14.5 Å². The highest BCUT2D eigenvalue weighted by Crippen LogP contribution is 2.31. The molecule has 0 aliphatic heterocycles. The number of nitrogens with zero attached hydrogens (tertiary/aromatic N) is 4. The number of hydrogen-bond donors (Lipinski definition) is 1. The number of carbonyl (C=O) groups is 1. The monoisotopic (exact) mass is 489 g/mol. The third kappa shape index (κ3) is 5.15. The van der Waals surface area contributed by atoms with Crippen LogP contribution >= 0.6 is 0 Å². The Balaban J connectivity index is 1.59. The Morgan fingerprint density at radius 2 is 1.94 bits per heavy atom. The first-order valence-electron chi connectivity index (χ1n) is 10.8. The molecule has 0 unspecified atom stereocenters. The van der Waals surface area contributed by atoms with E-state index in [0.717, 1.165) is 17.8 Å². The fraction of sp³-hybridized carbons (Fsp3) is 0.154. The Labute approximate surface area is 205 Å². The lowest BCUT2D eigenvalue weighted by molar-refractivity contribution is -0.113. The predicted octanol–water partition coefficient (Wildman–Crippen LogP) is 5.02. The molecule has 0 saturated carbocycles. The van der Waals surface area contributed by atoms with E-state index in [0.29, 0.717) is 38.4 Å². The zero-order chi connectivity index (χ0) is 25.8. The number of halogens is 2. The van der Waals surface area contributed by atoms with Crippen molar-refractivity contribution in [3.8, 4) is 23.3 Å². The quantitative estimate of drug-likeness (QED) is 0.383. The predicted molar refractivity (Wildman–Crippen MR) is 133 cm³/mol. The highest BCUT2D eigenvalue weighted by molar-refractivity contribution is 6.06. The third-order valence-electron chi connectivity index (χ3n) is 5.34. The molecule has 182 valence electrons. The van der Waals surface area contributed by atoms with E-state index >= 15 is 0 Å². The summed E-state index contributed by atoms with van der Waals surface area (Å²) in [5.74, 6) is 5.93. The van der Waals surface area contributed by atoms with E-state index in [9.17, 15) is 18.4 Å². The van der Waals surface area contributed by atoms with Gasteiger partial charge >= 0.3 is 12.5 Å². The minimum atomic E-state index is -2.92. The zero-order valence-electron chi connectivity index (χ0n) is 19.6. The van der Waals surface area contributed by atoms with Gasteiger partial charge in [-0.05, 0) is 67.8 Å². The highest BCUT2D eigenvalue weighted by Gasteiger charge is 2.13. The lowest BCUT2D eigenvalue weighted by Gasteiger charge is -2.16. The number of aromatic nitrogens is 3. The summed E-state index contributed by atoms with van der Waals surface area (Å²) in [6.07, 6.45) is 2.43. The van der Waals surface area contributed by atoms with Gasteiger partial charge in [-0.2, -0.15) is 8.78 Å². The molecule has 2 aromatic heterocycles. The first kappa shape index (κ1) is 24.3. The number of anilines is 3. The molecule has 2 heterocycles. The lowest BCUT2D eigenvalue weighted by Crippen LogP contribution is -2.24. The van der Waals surface area contributed by atoms with Crippen molar-refractivity contribution in [1.29, 1.82) is 0 Å². The van der Waals surface area contributed by atoms with E-state index in [1.165, 1.54) is 17.3 Å². The molecule has 0 aliphatic rings. The minimum absolute atomic E-state index is 0.154. The van der Waals surface area contributed by atoms with Gasteiger partial charge in [-0.15, -0.1) is 0 Å². The summed E-state index contributed by atoms with van der Waals surface area (Å²) in [4.78, 5) is 34.1. The summed E-state index contributed by atoms with van der Waals surface area (Å²) in [6, 6.07) is 13.0. The number of ether oxygens (including phenoxy) is 1. The first-order chi connectivity index (χ1) is 17.3. The largest absolute Gasteiger partial charge is 0.457 e. The average Bonchev–Trinajstić information content (AvgIpc) is 2.85. The van der Waals surface area contributed by atoms with Gasteiger partial charge in [0.2, 0.25) is 0 Å². The molecule has 10 heteroatoms. The van der Waals surface area contributed by atoms with Crippen LogP contribution in [0.3, 0.4) is 0 Å². The van der Waals surface area contributed by atoms with E-state index in [-0.39, 0.29) is 11.7 Å². The van der Waals surface area contributed by atoms with Crippen molar-refractivity contribution in [3.63, 3.8) is 0 Å². The highest BCUT2D eigenvalue weighted by atomic mass is 19.3. The molecule has 8 nitrogen and oxygen atoms in total. The lowest BCUT2D eigenvalue weighted by atomic mass is 10.1. The summed E-state index contributed by atoms with van der Waals surface area (Å²) < 4.78 is 31.6. The SMILES string of the molecule is CC#CC(=O)N(C)c1ccc2ncnc(Nc3ccc(Oc4ccn(C(F)F)c(=O)c4)c(C)c3)c2c1. The van der Waals surface area contributed by atoms with Gasteiger partial charge in [0.1, 0.15) is 23.6 Å². The maximum atomic E-state index is 12.8. The van der Waals surface area contributed by atoms with E-state index in [2.05, 4.69) is 27.1 Å². The molecular formula is C26H21F2N5O3. The smallest absolute Gasteiger partial charge is 0.321 e. The standard InChI is InChI=1S/C26H21F2N5O3/c1-4-5-23(34)32(3)18-7-8-21-20(13-18)25(30-15-29-21)31-17-6-9-22(16(2)12-17)36-19-10-11-33(26(27)28)24(35)14-19/h6-15,26H,1-3H3,(H,29,30,31). The minimum Gasteiger partial charge on any atom is -0.457 e. The van der Waals surface area contributed by atoms with Gasteiger partial charge in [-0.1, -0.05) is 5.92 Å². The number of hydrogen-bond acceptors (Lipinski definition) is 6. The molecule has 2 aromatic carbocycles. The number of carbonyl (C=O) groups excluding carboxylic acids is 1. The fourth-order valence-electron chi connectivity index (χ4n) is 3.46. The Morgan fingerprint density at radius 3 is 2.64 bits per heavy atom. The zero-order valence-corrected chi connectivity index (χ0v) is 19.6. The second kappa shape index (κ2) is 10.2. The molecule has 0 spiro atoms. The maximum absolute atomic E-state index is 12.8. The number of benzene rings is 2. The van der Waals surface area contributed by atoms with Crippen LogP contribution in [0.2, 0.25) is 0 Å². The molecule has 36 heavy (non-hydrogen) atoms. The molecule has 0 aliphatic carbocycles. The van der Waals surface area contributed by atoms with Gasteiger partial charge in [0.05, 0.1) is 5.52 Å². The summed E-state index contributed by atoms with van der Waals surface area (Å²) in [5, 5.41) is 3.96. The summed E-state index contributed by atoms with van der Waals surface area (Å²) in [6.45, 7) is 0.495. The van der Waals surface area contributed by atoms with Crippen molar-refractivity contribution < 1.29 is 18.3 Å². The molecule has 0 atom stereocenters. The third-order valence-corrected chi connectivity index (χ3v) is 5.34. The normalized spacial score (nSPS) is 10.6. The van der Waals surface area contributed by atoms with Gasteiger partial charge in [0.25, 0.3) is 5.56 Å². The summed E-state index contributed by atoms with van der Waals surface area (Å²) in [5.41, 5.74) is 1.92. The molecule has 0 radical (unpaired) electrons. The molecule has 4 rings (SSSR count). The van der Waals surface area contributed by atoms with Crippen LogP contribution in [0.25, 0.3) is 10.9 Å². The number of alkyl halides is 2. The number of fused-ring (bicyclic) bond motifs is 1. The Bertz CT molecular complexity index is 1570. The van der Waals surface area contributed by atoms with Crippen LogP contribution < -0.4 is 20.5 Å². The number of rotatable bonds is 6. The Hall–Kier alpha value is -4.78. The van der Waals surface area contributed by atoms with Crippen molar-refractivity contribution in [2.75, 3.05) is 17.3 Å². The maximum Gasteiger partial charge on any atom is 0.321 e. The van der Waals surface area contributed by atoms with Gasteiger partial charge < -0.3 is 15.0 Å². The molecule has 4 aromatic rings. The van der Waals surface area contributed by atoms with Crippen LogP contribution in [0, 0.1) is 18.8 Å². The van der Waals surface area contributed by atoms with E-state index < -0.39 is 12.1 Å². The van der Waals surface area contributed by atoms with Crippen molar-refractivity contribution in [2.45, 2.75) is 20.4 Å². The molecule has 1 amide bonds. The van der Waals surface area contributed by atoms with E-state index in [1.54, 1.807) is 44.3 Å². The van der Waals surface area contributed by atoms with Crippen LogP contribution in [0.4, 0.5) is 26.0 Å². The van der Waals surface area contributed by atoms with Gasteiger partial charge in [0.15, 0.2) is 0 Å². The topological polar surface area (TPSA) is 89.3 Å². The molecule has 0 bridgehead atoms. The molecule has 0 fully saturated rings. The van der Waals surface area contributed by atoms with Crippen molar-refractivity contribution in [2.24, 2.45) is 0 Å². The van der Waals surface area contributed by atoms with Crippen LogP contribution in [0.5, 0.6) is 11.5 Å². The summed E-state index contributed by atoms with van der Waals surface area (Å²) >= 11 is 0. The van der Waals surface area contributed by atoms with Gasteiger partial charge in [-0.3, -0.25) is 14.2 Å². The Kier molecular flexibility index (Phi) is 6.92. The van der Waals surface area contributed by atoms with Crippen molar-refractivity contribution in [3.05, 3.63) is 77.0 Å². The number of pyridine rings is 1. The molecule has 0 saturated heterocycles. The summed E-state index contributed by atoms with van der Waals surface area (Å²) in [7, 11) is 1.64. The van der Waals surface area contributed by atoms with E-state index in [1.807, 2.05) is 13.0 Å². The second-order valence-corrected chi connectivity index (χ2v) is 7.76. The van der Waals surface area contributed by atoms with Crippen LogP contribution in [-0.2, 0) is 4.79 Å². The fourth-order valence-corrected chi connectivity index (χ4v) is 3.46. The van der Waals surface area contributed by atoms with Crippen LogP contribution in [-0.4, -0.2) is 27.5 Å².